The zero-order chi connectivity index (χ0) is 35.5. The van der Waals surface area contributed by atoms with Crippen molar-refractivity contribution in [1.29, 1.82) is 0 Å². The van der Waals surface area contributed by atoms with Gasteiger partial charge < -0.3 is 30.2 Å². The van der Waals surface area contributed by atoms with Gasteiger partial charge in [-0.1, -0.05) is 66.2 Å². The molecule has 0 fully saturated rings. The Morgan fingerprint density at radius 3 is 1.96 bits per heavy atom. The monoisotopic (exact) mass is 707 g/mol. The molecule has 11 heteroatoms. The number of carbonyl (C=O) groups is 3. The van der Waals surface area contributed by atoms with Gasteiger partial charge in [0.2, 0.25) is 5.91 Å². The third kappa shape index (κ3) is 9.25. The van der Waals surface area contributed by atoms with Crippen molar-refractivity contribution in [3.05, 3.63) is 149 Å². The molecule has 0 aliphatic heterocycles. The molecule has 0 heterocycles. The van der Waals surface area contributed by atoms with E-state index in [1.165, 1.54) is 39.2 Å². The molecule has 5 aromatic rings. The Balaban J connectivity index is 1.39. The van der Waals surface area contributed by atoms with Crippen LogP contribution in [0.2, 0.25) is 5.02 Å². The average Bonchev–Trinajstić information content (AvgIpc) is 3.14. The van der Waals surface area contributed by atoms with Gasteiger partial charge in [0, 0.05) is 38.5 Å². The largest absolute Gasteiger partial charge is 0.496 e. The highest BCUT2D eigenvalue weighted by atomic mass is 35.5. The summed E-state index contributed by atoms with van der Waals surface area (Å²) in [5.41, 5.74) is 2.69. The second-order valence-electron chi connectivity index (χ2n) is 10.7. The Labute approximate surface area is 299 Å². The van der Waals surface area contributed by atoms with E-state index in [1.807, 2.05) is 42.5 Å². The molecule has 0 aliphatic carbocycles. The number of rotatable bonds is 13. The lowest BCUT2D eigenvalue weighted by Crippen LogP contribution is -2.30. The van der Waals surface area contributed by atoms with Crippen LogP contribution in [0.4, 0.5) is 11.4 Å². The van der Waals surface area contributed by atoms with Crippen LogP contribution in [0.25, 0.3) is 6.08 Å². The summed E-state index contributed by atoms with van der Waals surface area (Å²) >= 11 is 7.49. The quantitative estimate of drug-likeness (QED) is 0.0834. The molecular weight excluding hydrogens is 674 g/mol. The molecule has 5 aromatic carbocycles. The van der Waals surface area contributed by atoms with Crippen molar-refractivity contribution in [2.24, 2.45) is 0 Å². The Hall–Kier alpha value is -5.71. The van der Waals surface area contributed by atoms with E-state index in [1.54, 1.807) is 78.9 Å². The molecule has 0 aliphatic rings. The topological polar surface area (TPSA) is 115 Å². The number of benzene rings is 5. The summed E-state index contributed by atoms with van der Waals surface area (Å²) in [5, 5.41) is 8.50. The molecule has 9 nitrogen and oxygen atoms in total. The zero-order valence-electron chi connectivity index (χ0n) is 27.4. The van der Waals surface area contributed by atoms with Crippen molar-refractivity contribution < 1.29 is 28.6 Å². The maximum atomic E-state index is 13.7. The number of hydrogen-bond acceptors (Lipinski definition) is 7. The molecule has 0 radical (unpaired) electrons. The molecular formula is C39H34ClN3O6S. The summed E-state index contributed by atoms with van der Waals surface area (Å²) in [5.74, 6) is -0.00567. The summed E-state index contributed by atoms with van der Waals surface area (Å²) in [6.07, 6.45) is 1.50. The first kappa shape index (κ1) is 35.6. The molecule has 0 bridgehead atoms. The van der Waals surface area contributed by atoms with Crippen LogP contribution in [0.15, 0.2) is 132 Å². The minimum absolute atomic E-state index is 0.0374. The SMILES string of the molecule is COc1cc(OC)c(OC)cc1/C=C(\NC(=O)c1ccccc1)C(=O)Nc1ccc(SC(C(=O)Nc2cccc(Cl)c2)c2ccccc2)cc1. The van der Waals surface area contributed by atoms with Crippen LogP contribution in [-0.2, 0) is 9.59 Å². The van der Waals surface area contributed by atoms with E-state index in [2.05, 4.69) is 16.0 Å². The first-order valence-corrected chi connectivity index (χ1v) is 16.6. The third-order valence-electron chi connectivity index (χ3n) is 7.36. The molecule has 0 spiro atoms. The number of halogens is 1. The van der Waals surface area contributed by atoms with Crippen LogP contribution in [-0.4, -0.2) is 39.1 Å². The van der Waals surface area contributed by atoms with Gasteiger partial charge in [-0.2, -0.15) is 0 Å². The first-order chi connectivity index (χ1) is 24.3. The van der Waals surface area contributed by atoms with Gasteiger partial charge in [0.25, 0.3) is 11.8 Å². The van der Waals surface area contributed by atoms with Crippen LogP contribution in [0, 0.1) is 0 Å². The van der Waals surface area contributed by atoms with Crippen LogP contribution < -0.4 is 30.2 Å². The predicted octanol–water partition coefficient (Wildman–Crippen LogP) is 8.25. The van der Waals surface area contributed by atoms with E-state index in [0.29, 0.717) is 44.8 Å². The number of amides is 3. The lowest BCUT2D eigenvalue weighted by atomic mass is 10.1. The van der Waals surface area contributed by atoms with Crippen LogP contribution in [0.5, 0.6) is 17.2 Å². The van der Waals surface area contributed by atoms with Gasteiger partial charge in [-0.3, -0.25) is 14.4 Å². The number of ether oxygens (including phenoxy) is 3. The highest BCUT2D eigenvalue weighted by Gasteiger charge is 2.23. The van der Waals surface area contributed by atoms with E-state index in [9.17, 15) is 14.4 Å². The molecule has 5 rings (SSSR count). The van der Waals surface area contributed by atoms with E-state index in [0.717, 1.165) is 10.5 Å². The van der Waals surface area contributed by atoms with Gasteiger partial charge in [-0.05, 0) is 72.3 Å². The Morgan fingerprint density at radius 2 is 1.32 bits per heavy atom. The van der Waals surface area contributed by atoms with Crippen molar-refractivity contribution in [2.45, 2.75) is 10.1 Å². The number of anilines is 2. The number of thioether (sulfide) groups is 1. The molecule has 1 unspecified atom stereocenters. The zero-order valence-corrected chi connectivity index (χ0v) is 29.0. The predicted molar refractivity (Wildman–Crippen MR) is 198 cm³/mol. The maximum absolute atomic E-state index is 13.7. The van der Waals surface area contributed by atoms with Gasteiger partial charge in [0.15, 0.2) is 11.5 Å². The van der Waals surface area contributed by atoms with E-state index >= 15 is 0 Å². The number of nitrogens with one attached hydrogen (secondary N) is 3. The normalized spacial score (nSPS) is 11.6. The fourth-order valence-electron chi connectivity index (χ4n) is 4.89. The molecule has 50 heavy (non-hydrogen) atoms. The van der Waals surface area contributed by atoms with E-state index in [4.69, 9.17) is 25.8 Å². The lowest BCUT2D eigenvalue weighted by molar-refractivity contribution is -0.116. The first-order valence-electron chi connectivity index (χ1n) is 15.4. The number of carbonyl (C=O) groups excluding carboxylic acids is 3. The second kappa shape index (κ2) is 17.1. The number of hydrogen-bond donors (Lipinski definition) is 3. The Bertz CT molecular complexity index is 1990. The highest BCUT2D eigenvalue weighted by molar-refractivity contribution is 8.00. The van der Waals surface area contributed by atoms with Crippen molar-refractivity contribution in [3.63, 3.8) is 0 Å². The molecule has 0 saturated heterocycles. The summed E-state index contributed by atoms with van der Waals surface area (Å²) in [4.78, 5) is 41.2. The Kier molecular flexibility index (Phi) is 12.2. The fourth-order valence-corrected chi connectivity index (χ4v) is 6.10. The highest BCUT2D eigenvalue weighted by Crippen LogP contribution is 2.38. The van der Waals surface area contributed by atoms with Crippen molar-refractivity contribution in [1.82, 2.24) is 5.32 Å². The van der Waals surface area contributed by atoms with Gasteiger partial charge in [0.1, 0.15) is 16.7 Å². The van der Waals surface area contributed by atoms with Gasteiger partial charge in [-0.15, -0.1) is 11.8 Å². The average molecular weight is 708 g/mol. The summed E-state index contributed by atoms with van der Waals surface area (Å²) in [7, 11) is 4.50. The number of methoxy groups -OCH3 is 3. The van der Waals surface area contributed by atoms with Crippen LogP contribution >= 0.6 is 23.4 Å². The lowest BCUT2D eigenvalue weighted by Gasteiger charge is -2.18. The minimum atomic E-state index is -0.574. The Morgan fingerprint density at radius 1 is 0.680 bits per heavy atom. The summed E-state index contributed by atoms with van der Waals surface area (Å²) in [6, 6.07) is 35.4. The van der Waals surface area contributed by atoms with Gasteiger partial charge in [-0.25, -0.2) is 0 Å². The second-order valence-corrected chi connectivity index (χ2v) is 12.3. The van der Waals surface area contributed by atoms with Gasteiger partial charge >= 0.3 is 0 Å². The van der Waals surface area contributed by atoms with E-state index < -0.39 is 17.1 Å². The van der Waals surface area contributed by atoms with Crippen LogP contribution in [0.1, 0.15) is 26.7 Å². The van der Waals surface area contributed by atoms with Crippen molar-refractivity contribution in [3.8, 4) is 17.2 Å². The summed E-state index contributed by atoms with van der Waals surface area (Å²) < 4.78 is 16.4. The maximum Gasteiger partial charge on any atom is 0.272 e. The molecule has 0 saturated carbocycles. The minimum Gasteiger partial charge on any atom is -0.496 e. The molecule has 3 amide bonds. The summed E-state index contributed by atoms with van der Waals surface area (Å²) in [6.45, 7) is 0. The van der Waals surface area contributed by atoms with Gasteiger partial charge in [0.05, 0.1) is 21.3 Å². The molecule has 3 N–H and O–H groups in total. The standard InChI is InChI=1S/C39H34ClN3O6S/c1-47-33-24-35(49-3)34(48-2)22-27(33)21-32(43-37(44)26-13-8-5-9-14-26)38(45)41-29-17-19-31(20-18-29)50-36(25-11-6-4-7-12-25)39(46)42-30-16-10-15-28(40)23-30/h4-24,36H,1-3H3,(H,41,45)(H,42,46)(H,43,44)/b32-21-. The third-order valence-corrected chi connectivity index (χ3v) is 8.86. The molecule has 254 valence electrons. The molecule has 1 atom stereocenters. The van der Waals surface area contributed by atoms with Crippen LogP contribution in [0.3, 0.4) is 0 Å². The fraction of sp³-hybridized carbons (Fsp3) is 0.103. The van der Waals surface area contributed by atoms with Crippen molar-refractivity contribution in [2.75, 3.05) is 32.0 Å². The van der Waals surface area contributed by atoms with Crippen molar-refractivity contribution >= 4 is 58.5 Å². The smallest absolute Gasteiger partial charge is 0.272 e. The van der Waals surface area contributed by atoms with E-state index in [-0.39, 0.29) is 11.6 Å². The molecule has 0 aromatic heterocycles.